The van der Waals surface area contributed by atoms with Crippen LogP contribution in [0.4, 0.5) is 0 Å². The van der Waals surface area contributed by atoms with Crippen molar-refractivity contribution in [2.45, 2.75) is 27.7 Å². The van der Waals surface area contributed by atoms with Crippen LogP contribution in [0.3, 0.4) is 0 Å². The van der Waals surface area contributed by atoms with E-state index < -0.39 is 0 Å². The van der Waals surface area contributed by atoms with Gasteiger partial charge in [-0.05, 0) is 218 Å². The quantitative estimate of drug-likeness (QED) is 0.134. The van der Waals surface area contributed by atoms with Crippen molar-refractivity contribution in [2.24, 2.45) is 0 Å². The Kier molecular flexibility index (Phi) is 19.6. The minimum Gasteiger partial charge on any atom is -0.456 e. The van der Waals surface area contributed by atoms with Crippen LogP contribution in [0.1, 0.15) is 22.3 Å². The van der Waals surface area contributed by atoms with Crippen LogP contribution in [0, 0.1) is 27.7 Å². The fourth-order valence-corrected chi connectivity index (χ4v) is 18.3. The average molecular weight is 1500 g/mol. The van der Waals surface area contributed by atoms with Crippen molar-refractivity contribution in [1.29, 1.82) is 0 Å². The first-order valence-electron chi connectivity index (χ1n) is 39.9. The molecule has 0 aliphatic heterocycles. The second-order valence-corrected chi connectivity index (χ2v) is 31.0. The van der Waals surface area contributed by atoms with Crippen molar-refractivity contribution in [3.63, 3.8) is 0 Å². The van der Waals surface area contributed by atoms with E-state index in [0.717, 1.165) is 11.2 Å². The first-order chi connectivity index (χ1) is 57.2. The SMILES string of the molecule is Cc1cccc(-c2ccc3c(c2)sc2ccccc23)c1-c1ccccc1.Cc1cccc(-c2ccc3c4ccccc4n(-c4ccccc4)c3c2)c1-c1ccccc1.Cc1ccccc1-c1ccc(-c2ccc3oc4ccccc4c3c2)cc1.Cc1ccccc1-c1ccccc1-c1ccc2c3ccccc3n(-c3ccccc3)c2c1. The molecule has 0 radical (unpaired) electrons. The zero-order chi connectivity index (χ0) is 78.0. The molecule has 18 aromatic carbocycles. The standard InChI is InChI=1S/2C31H23N.C25H18O.C25H18S/c1-22-11-10-17-26(31(22)23-12-4-2-5-13-23)24-19-20-28-27-16-8-9-18-29(27)32(30(28)21-24)25-14-6-3-7-15-25;1-22-11-5-6-14-25(22)27-16-8-7-15-26(27)23-19-20-29-28-17-9-10-18-30(28)32(31(29)21-23)24-12-3-2-4-13-24;1-17-6-2-3-7-21(17)19-12-10-18(11-13-19)20-14-15-25-23(16-20)22-8-4-5-9-24(22)26-25;1-17-8-7-12-20(25(17)18-9-3-2-4-10-18)19-14-15-22-21-11-5-6-13-23(21)26-24(22)16-19/h2*2-21H,1H3;2*2-16H,1H3. The van der Waals surface area contributed by atoms with E-state index in [-0.39, 0.29) is 0 Å². The maximum atomic E-state index is 5.93. The Balaban J connectivity index is 0.000000104. The van der Waals surface area contributed by atoms with Crippen LogP contribution in [0.5, 0.6) is 0 Å². The summed E-state index contributed by atoms with van der Waals surface area (Å²) in [4.78, 5) is 0. The number of furan rings is 1. The van der Waals surface area contributed by atoms with Gasteiger partial charge in [0.15, 0.2) is 0 Å². The second kappa shape index (κ2) is 31.6. The molecule has 116 heavy (non-hydrogen) atoms. The van der Waals surface area contributed by atoms with Crippen LogP contribution in [0.25, 0.3) is 186 Å². The topological polar surface area (TPSA) is 23.0 Å². The molecule has 4 aromatic heterocycles. The van der Waals surface area contributed by atoms with E-state index in [1.807, 2.05) is 23.5 Å². The van der Waals surface area contributed by atoms with E-state index in [2.05, 4.69) is 449 Å². The lowest BCUT2D eigenvalue weighted by molar-refractivity contribution is 0.669. The third-order valence-corrected chi connectivity index (χ3v) is 23.9. The largest absolute Gasteiger partial charge is 0.456 e. The van der Waals surface area contributed by atoms with Crippen molar-refractivity contribution < 1.29 is 4.42 Å². The number of hydrogen-bond acceptors (Lipinski definition) is 2. The maximum Gasteiger partial charge on any atom is 0.135 e. The predicted octanol–water partition coefficient (Wildman–Crippen LogP) is 31.8. The zero-order valence-corrected chi connectivity index (χ0v) is 65.9. The van der Waals surface area contributed by atoms with Crippen LogP contribution in [-0.4, -0.2) is 9.13 Å². The summed E-state index contributed by atoms with van der Waals surface area (Å²) in [5.41, 5.74) is 34.6. The molecule has 0 saturated carbocycles. The summed E-state index contributed by atoms with van der Waals surface area (Å²) < 4.78 is 13.4. The van der Waals surface area contributed by atoms with Crippen molar-refractivity contribution >= 4 is 97.1 Å². The van der Waals surface area contributed by atoms with E-state index in [1.165, 1.54) is 197 Å². The second-order valence-electron chi connectivity index (χ2n) is 29.9. The van der Waals surface area contributed by atoms with Gasteiger partial charge in [-0.2, -0.15) is 0 Å². The number of benzene rings is 18. The molecule has 22 rings (SSSR count). The normalized spacial score (nSPS) is 11.3. The Hall–Kier alpha value is -14.4. The fourth-order valence-electron chi connectivity index (χ4n) is 17.2. The van der Waals surface area contributed by atoms with Crippen LogP contribution in [0.15, 0.2) is 429 Å². The third-order valence-electron chi connectivity index (χ3n) is 22.8. The number of nitrogens with zero attached hydrogens (tertiary/aromatic N) is 2. The monoisotopic (exact) mass is 1500 g/mol. The number of fused-ring (bicyclic) bond motifs is 12. The highest BCUT2D eigenvalue weighted by Gasteiger charge is 2.20. The molecular weight excluding hydrogens is 1420 g/mol. The summed E-state index contributed by atoms with van der Waals surface area (Å²) >= 11 is 1.88. The van der Waals surface area contributed by atoms with Crippen LogP contribution in [0.2, 0.25) is 0 Å². The first-order valence-corrected chi connectivity index (χ1v) is 40.7. The van der Waals surface area contributed by atoms with Gasteiger partial charge in [0.05, 0.1) is 22.1 Å². The van der Waals surface area contributed by atoms with Gasteiger partial charge in [-0.15, -0.1) is 11.3 Å². The molecule has 4 heteroatoms. The van der Waals surface area contributed by atoms with Gasteiger partial charge in [0, 0.05) is 63.9 Å². The molecule has 0 atom stereocenters. The highest BCUT2D eigenvalue weighted by molar-refractivity contribution is 7.25. The number of aromatic nitrogens is 2. The van der Waals surface area contributed by atoms with E-state index in [4.69, 9.17) is 4.42 Å². The molecule has 0 fully saturated rings. The third kappa shape index (κ3) is 13.8. The summed E-state index contributed by atoms with van der Waals surface area (Å²) in [6.07, 6.45) is 0. The molecule has 0 saturated heterocycles. The highest BCUT2D eigenvalue weighted by Crippen LogP contribution is 2.44. The first kappa shape index (κ1) is 71.9. The lowest BCUT2D eigenvalue weighted by Crippen LogP contribution is -1.94. The molecule has 22 aromatic rings. The van der Waals surface area contributed by atoms with E-state index in [0.29, 0.717) is 0 Å². The Morgan fingerprint density at radius 3 is 1.12 bits per heavy atom. The van der Waals surface area contributed by atoms with E-state index in [9.17, 15) is 0 Å². The van der Waals surface area contributed by atoms with Gasteiger partial charge in [0.1, 0.15) is 11.2 Å². The molecular formula is C112H82N2OS. The summed E-state index contributed by atoms with van der Waals surface area (Å²) in [5, 5.41) is 10.2. The number of rotatable bonds is 10. The van der Waals surface area contributed by atoms with Gasteiger partial charge < -0.3 is 13.6 Å². The van der Waals surface area contributed by atoms with Crippen molar-refractivity contribution in [3.8, 4) is 100 Å². The van der Waals surface area contributed by atoms with Crippen molar-refractivity contribution in [3.05, 3.63) is 447 Å². The maximum absolute atomic E-state index is 5.93. The van der Waals surface area contributed by atoms with Crippen molar-refractivity contribution in [2.75, 3.05) is 0 Å². The van der Waals surface area contributed by atoms with Gasteiger partial charge in [-0.1, -0.05) is 346 Å². The molecule has 0 amide bonds. The summed E-state index contributed by atoms with van der Waals surface area (Å²) in [6, 6.07) is 152. The molecule has 0 spiro atoms. The minimum absolute atomic E-state index is 0.937. The summed E-state index contributed by atoms with van der Waals surface area (Å²) in [5.74, 6) is 0. The molecule has 0 N–H and O–H groups in total. The molecule has 4 heterocycles. The summed E-state index contributed by atoms with van der Waals surface area (Å²) in [7, 11) is 0. The number of hydrogen-bond donors (Lipinski definition) is 0. The fraction of sp³-hybridized carbons (Fsp3) is 0.0357. The van der Waals surface area contributed by atoms with E-state index >= 15 is 0 Å². The van der Waals surface area contributed by atoms with Gasteiger partial charge in [0.25, 0.3) is 0 Å². The van der Waals surface area contributed by atoms with Crippen molar-refractivity contribution in [1.82, 2.24) is 9.13 Å². The van der Waals surface area contributed by atoms with Crippen LogP contribution < -0.4 is 0 Å². The molecule has 0 unspecified atom stereocenters. The van der Waals surface area contributed by atoms with E-state index in [1.54, 1.807) is 0 Å². The lowest BCUT2D eigenvalue weighted by Gasteiger charge is -2.14. The Morgan fingerprint density at radius 1 is 0.190 bits per heavy atom. The molecule has 3 nitrogen and oxygen atoms in total. The lowest BCUT2D eigenvalue weighted by atomic mass is 9.91. The predicted molar refractivity (Wildman–Crippen MR) is 497 cm³/mol. The highest BCUT2D eigenvalue weighted by atomic mass is 32.1. The minimum atomic E-state index is 0.937. The molecule has 0 aliphatic carbocycles. The Bertz CT molecular complexity index is 7350. The van der Waals surface area contributed by atoms with Gasteiger partial charge >= 0.3 is 0 Å². The average Bonchev–Trinajstić information content (AvgIpc) is 1.59. The van der Waals surface area contributed by atoms with Crippen LogP contribution in [-0.2, 0) is 0 Å². The van der Waals surface area contributed by atoms with Crippen LogP contribution >= 0.6 is 11.3 Å². The van der Waals surface area contributed by atoms with Gasteiger partial charge in [-0.3, -0.25) is 0 Å². The van der Waals surface area contributed by atoms with Gasteiger partial charge in [0.2, 0.25) is 0 Å². The zero-order valence-electron chi connectivity index (χ0n) is 65.1. The molecule has 552 valence electrons. The molecule has 0 aliphatic rings. The Morgan fingerprint density at radius 2 is 0.560 bits per heavy atom. The number of aryl methyl sites for hydroxylation is 4. The number of thiophene rings is 1. The summed E-state index contributed by atoms with van der Waals surface area (Å²) in [6.45, 7) is 8.74. The molecule has 0 bridgehead atoms. The smallest absolute Gasteiger partial charge is 0.135 e. The number of para-hydroxylation sites is 5. The van der Waals surface area contributed by atoms with Gasteiger partial charge in [-0.25, -0.2) is 0 Å². The Labute approximate surface area is 680 Å².